The molecule has 0 unspecified atom stereocenters. The maximum Gasteiger partial charge on any atom is 0.330 e. The van der Waals surface area contributed by atoms with Gasteiger partial charge in [0.2, 0.25) is 0 Å². The van der Waals surface area contributed by atoms with E-state index in [0.717, 1.165) is 6.08 Å². The molecule has 1 aliphatic rings. The molecule has 0 saturated heterocycles. The first-order valence-corrected chi connectivity index (χ1v) is 6.71. The number of rotatable bonds is 7. The van der Waals surface area contributed by atoms with Crippen molar-refractivity contribution in [2.24, 2.45) is 0 Å². The molecule has 0 aromatic carbocycles. The van der Waals surface area contributed by atoms with Crippen molar-refractivity contribution in [3.8, 4) is 0 Å². The summed E-state index contributed by atoms with van der Waals surface area (Å²) in [7, 11) is 0. The van der Waals surface area contributed by atoms with Crippen LogP contribution in [0.3, 0.4) is 0 Å². The molecule has 0 aromatic rings. The molecule has 2 heteroatoms. The van der Waals surface area contributed by atoms with Crippen LogP contribution in [0.25, 0.3) is 0 Å². The van der Waals surface area contributed by atoms with Gasteiger partial charge in [-0.05, 0) is 32.6 Å². The highest BCUT2D eigenvalue weighted by atomic mass is 16.5. The second-order valence-electron chi connectivity index (χ2n) is 4.17. The number of unbranched alkanes of at least 4 members (excludes halogenated alkanes) is 4. The van der Waals surface area contributed by atoms with Crippen molar-refractivity contribution in [2.45, 2.75) is 58.8 Å². The highest BCUT2D eigenvalue weighted by Crippen LogP contribution is 2.28. The number of hydrogen-bond acceptors (Lipinski definition) is 2. The van der Waals surface area contributed by atoms with Crippen molar-refractivity contribution >= 4 is 5.97 Å². The molecule has 0 heterocycles. The van der Waals surface area contributed by atoms with Gasteiger partial charge in [-0.3, -0.25) is 0 Å². The third-order valence-corrected chi connectivity index (χ3v) is 2.48. The predicted molar refractivity (Wildman–Crippen MR) is 72.9 cm³/mol. The Balaban J connectivity index is 0.000000325. The molecule has 17 heavy (non-hydrogen) atoms. The molecule has 98 valence electrons. The van der Waals surface area contributed by atoms with E-state index in [9.17, 15) is 4.79 Å². The van der Waals surface area contributed by atoms with Gasteiger partial charge in [0.1, 0.15) is 0 Å². The summed E-state index contributed by atoms with van der Waals surface area (Å²) in [6.45, 7) is 7.64. The van der Waals surface area contributed by atoms with Gasteiger partial charge >= 0.3 is 5.97 Å². The maximum atomic E-state index is 10.1. The zero-order valence-corrected chi connectivity index (χ0v) is 11.3. The van der Waals surface area contributed by atoms with Crippen LogP contribution in [0, 0.1) is 0 Å². The van der Waals surface area contributed by atoms with E-state index in [1.807, 2.05) is 0 Å². The molecule has 0 spiro atoms. The number of ether oxygens (including phenoxy) is 1. The maximum absolute atomic E-state index is 10.1. The number of allylic oxidation sites excluding steroid dienone is 2. The zero-order chi connectivity index (χ0) is 12.9. The molecule has 2 nitrogen and oxygen atoms in total. The molecule has 1 fully saturated rings. The first-order valence-electron chi connectivity index (χ1n) is 6.71. The average molecular weight is 238 g/mol. The van der Waals surface area contributed by atoms with Crippen LogP contribution in [-0.4, -0.2) is 12.6 Å². The standard InChI is InChI=1S/C10H18.C5H8O2/c1-2-3-4-5-6-7-10-8-9-10;1-3-5(6)7-4-2/h7H,2-6,8-9H2,1H3;3H,1,4H2,2H3. The van der Waals surface area contributed by atoms with Crippen LogP contribution in [-0.2, 0) is 9.53 Å². The second-order valence-corrected chi connectivity index (χ2v) is 4.17. The fourth-order valence-corrected chi connectivity index (χ4v) is 1.35. The Morgan fingerprint density at radius 1 is 1.29 bits per heavy atom. The van der Waals surface area contributed by atoms with Crippen LogP contribution in [0.4, 0.5) is 0 Å². The minimum Gasteiger partial charge on any atom is -0.463 e. The molecular formula is C15H26O2. The zero-order valence-electron chi connectivity index (χ0n) is 11.3. The highest BCUT2D eigenvalue weighted by molar-refractivity contribution is 5.81. The van der Waals surface area contributed by atoms with E-state index in [1.54, 1.807) is 12.5 Å². The first-order chi connectivity index (χ1) is 8.24. The van der Waals surface area contributed by atoms with Crippen molar-refractivity contribution in [3.63, 3.8) is 0 Å². The van der Waals surface area contributed by atoms with E-state index in [4.69, 9.17) is 0 Å². The van der Waals surface area contributed by atoms with Crippen LogP contribution in [0.5, 0.6) is 0 Å². The fraction of sp³-hybridized carbons (Fsp3) is 0.667. The van der Waals surface area contributed by atoms with Gasteiger partial charge in [-0.25, -0.2) is 4.79 Å². The lowest BCUT2D eigenvalue weighted by atomic mass is 10.1. The molecule has 1 aliphatic carbocycles. The molecule has 0 radical (unpaired) electrons. The van der Waals surface area contributed by atoms with Gasteiger partial charge in [-0.1, -0.05) is 44.4 Å². The second kappa shape index (κ2) is 11.4. The summed E-state index contributed by atoms with van der Waals surface area (Å²) in [6, 6.07) is 0. The van der Waals surface area contributed by atoms with Gasteiger partial charge in [-0.2, -0.15) is 0 Å². The fourth-order valence-electron chi connectivity index (χ4n) is 1.35. The lowest BCUT2D eigenvalue weighted by Crippen LogP contribution is -1.97. The predicted octanol–water partition coefficient (Wildman–Crippen LogP) is 4.41. The topological polar surface area (TPSA) is 26.3 Å². The van der Waals surface area contributed by atoms with Gasteiger partial charge in [-0.15, -0.1) is 0 Å². The SMILES string of the molecule is C=CC(=O)OCC.CCCCCCC=C1CC1. The largest absolute Gasteiger partial charge is 0.463 e. The Bertz CT molecular complexity index is 235. The first kappa shape index (κ1) is 16.0. The average Bonchev–Trinajstić information content (AvgIpc) is 3.14. The van der Waals surface area contributed by atoms with Crippen molar-refractivity contribution < 1.29 is 9.53 Å². The van der Waals surface area contributed by atoms with Crippen molar-refractivity contribution in [1.29, 1.82) is 0 Å². The summed E-state index contributed by atoms with van der Waals surface area (Å²) >= 11 is 0. The minimum absolute atomic E-state index is 0.359. The summed E-state index contributed by atoms with van der Waals surface area (Å²) in [6.07, 6.45) is 13.3. The third kappa shape index (κ3) is 12.9. The minimum atomic E-state index is -0.359. The summed E-state index contributed by atoms with van der Waals surface area (Å²) in [5, 5.41) is 0. The van der Waals surface area contributed by atoms with Gasteiger partial charge in [0.15, 0.2) is 0 Å². The molecular weight excluding hydrogens is 212 g/mol. The van der Waals surface area contributed by atoms with Gasteiger partial charge in [0.05, 0.1) is 6.61 Å². The van der Waals surface area contributed by atoms with Crippen molar-refractivity contribution in [1.82, 2.24) is 0 Å². The molecule has 1 rings (SSSR count). The van der Waals surface area contributed by atoms with Crippen molar-refractivity contribution in [2.75, 3.05) is 6.61 Å². The molecule has 1 saturated carbocycles. The Kier molecular flexibility index (Phi) is 10.7. The lowest BCUT2D eigenvalue weighted by molar-refractivity contribution is -0.137. The Morgan fingerprint density at radius 2 is 2.00 bits per heavy atom. The van der Waals surface area contributed by atoms with Crippen molar-refractivity contribution in [3.05, 3.63) is 24.3 Å². The Morgan fingerprint density at radius 3 is 2.41 bits per heavy atom. The van der Waals surface area contributed by atoms with E-state index in [0.29, 0.717) is 6.61 Å². The quantitative estimate of drug-likeness (QED) is 0.284. The molecule has 0 atom stereocenters. The van der Waals surface area contributed by atoms with Crippen LogP contribution < -0.4 is 0 Å². The Hall–Kier alpha value is -1.05. The summed E-state index contributed by atoms with van der Waals surface area (Å²) in [5.74, 6) is -0.359. The number of hydrogen-bond donors (Lipinski definition) is 0. The number of carbonyl (C=O) groups excluding carboxylic acids is 1. The van der Waals surface area contributed by atoms with E-state index >= 15 is 0 Å². The summed E-state index contributed by atoms with van der Waals surface area (Å²) in [5.41, 5.74) is 1.71. The van der Waals surface area contributed by atoms with Gasteiger partial charge in [0.25, 0.3) is 0 Å². The lowest BCUT2D eigenvalue weighted by Gasteiger charge is -1.92. The van der Waals surface area contributed by atoms with E-state index < -0.39 is 0 Å². The molecule has 0 amide bonds. The van der Waals surface area contributed by atoms with E-state index in [2.05, 4.69) is 24.3 Å². The number of carbonyl (C=O) groups is 1. The van der Waals surface area contributed by atoms with Crippen LogP contribution in [0.15, 0.2) is 24.3 Å². The van der Waals surface area contributed by atoms with E-state index in [-0.39, 0.29) is 5.97 Å². The molecule has 0 bridgehead atoms. The highest BCUT2D eigenvalue weighted by Gasteiger charge is 2.08. The number of esters is 1. The van der Waals surface area contributed by atoms with Gasteiger partial charge in [0, 0.05) is 6.08 Å². The van der Waals surface area contributed by atoms with Crippen LogP contribution in [0.1, 0.15) is 58.8 Å². The normalized spacial score (nSPS) is 12.2. The summed E-state index contributed by atoms with van der Waals surface area (Å²) < 4.78 is 4.43. The molecule has 0 N–H and O–H groups in total. The summed E-state index contributed by atoms with van der Waals surface area (Å²) in [4.78, 5) is 10.1. The van der Waals surface area contributed by atoms with Gasteiger partial charge < -0.3 is 4.74 Å². The van der Waals surface area contributed by atoms with Crippen LogP contribution >= 0.6 is 0 Å². The van der Waals surface area contributed by atoms with Crippen LogP contribution in [0.2, 0.25) is 0 Å². The molecule has 0 aromatic heterocycles. The smallest absolute Gasteiger partial charge is 0.330 e. The molecule has 0 aliphatic heterocycles. The van der Waals surface area contributed by atoms with E-state index in [1.165, 1.54) is 44.9 Å². The monoisotopic (exact) mass is 238 g/mol. The third-order valence-electron chi connectivity index (χ3n) is 2.48. The Labute approximate surface area is 106 Å².